The molecule has 0 spiro atoms. The molecule has 116 valence electrons. The zero-order valence-electron chi connectivity index (χ0n) is 12.3. The standard InChI is InChI=1S/C17H14F2N4/c18-12-3-1-11(2-4-12)17-16(13-5-6-20-9-14(13)19)15-10-21-7-8-23(15)22-17/h1-6,9,21H,7-8,10H2. The van der Waals surface area contributed by atoms with Gasteiger partial charge >= 0.3 is 0 Å². The molecule has 0 saturated heterocycles. The Morgan fingerprint density at radius 1 is 1.09 bits per heavy atom. The summed E-state index contributed by atoms with van der Waals surface area (Å²) in [7, 11) is 0. The van der Waals surface area contributed by atoms with Crippen molar-refractivity contribution in [3.63, 3.8) is 0 Å². The number of benzene rings is 1. The van der Waals surface area contributed by atoms with Crippen molar-refractivity contribution in [1.29, 1.82) is 0 Å². The summed E-state index contributed by atoms with van der Waals surface area (Å²) in [4.78, 5) is 3.81. The van der Waals surface area contributed by atoms with Gasteiger partial charge in [-0.2, -0.15) is 5.10 Å². The maximum Gasteiger partial charge on any atom is 0.149 e. The molecule has 0 unspecified atom stereocenters. The molecule has 0 amide bonds. The molecule has 0 bridgehead atoms. The van der Waals surface area contributed by atoms with Crippen LogP contribution in [0, 0.1) is 11.6 Å². The molecule has 0 saturated carbocycles. The molecule has 1 N–H and O–H groups in total. The molecule has 6 heteroatoms. The van der Waals surface area contributed by atoms with Crippen molar-refractivity contribution in [1.82, 2.24) is 20.1 Å². The number of rotatable bonds is 2. The van der Waals surface area contributed by atoms with Crippen LogP contribution < -0.4 is 5.32 Å². The summed E-state index contributed by atoms with van der Waals surface area (Å²) in [6.07, 6.45) is 2.76. The highest BCUT2D eigenvalue weighted by atomic mass is 19.1. The lowest BCUT2D eigenvalue weighted by molar-refractivity contribution is 0.477. The van der Waals surface area contributed by atoms with E-state index in [9.17, 15) is 8.78 Å². The predicted octanol–water partition coefficient (Wildman–Crippen LogP) is 2.99. The van der Waals surface area contributed by atoms with Crippen LogP contribution in [0.25, 0.3) is 22.4 Å². The van der Waals surface area contributed by atoms with E-state index in [1.54, 1.807) is 24.4 Å². The number of aromatic nitrogens is 3. The van der Waals surface area contributed by atoms with Crippen molar-refractivity contribution in [3.8, 4) is 22.4 Å². The van der Waals surface area contributed by atoms with Gasteiger partial charge in [0.15, 0.2) is 0 Å². The lowest BCUT2D eigenvalue weighted by Crippen LogP contribution is -2.28. The third-order valence-electron chi connectivity index (χ3n) is 4.01. The summed E-state index contributed by atoms with van der Waals surface area (Å²) >= 11 is 0. The molecule has 3 heterocycles. The second kappa shape index (κ2) is 5.55. The van der Waals surface area contributed by atoms with Gasteiger partial charge in [0.2, 0.25) is 0 Å². The number of pyridine rings is 1. The van der Waals surface area contributed by atoms with E-state index in [1.165, 1.54) is 18.3 Å². The average molecular weight is 312 g/mol. The molecular weight excluding hydrogens is 298 g/mol. The smallest absolute Gasteiger partial charge is 0.149 e. The number of hydrogen-bond donors (Lipinski definition) is 1. The molecule has 4 rings (SSSR count). The Hall–Kier alpha value is -2.60. The Labute approximate surface area is 131 Å². The maximum atomic E-state index is 14.3. The van der Waals surface area contributed by atoms with Crippen LogP contribution in [0.15, 0.2) is 42.7 Å². The quantitative estimate of drug-likeness (QED) is 0.791. The maximum absolute atomic E-state index is 14.3. The minimum Gasteiger partial charge on any atom is -0.309 e. The molecule has 0 aliphatic carbocycles. The zero-order chi connectivity index (χ0) is 15.8. The van der Waals surface area contributed by atoms with E-state index in [4.69, 9.17) is 0 Å². The van der Waals surface area contributed by atoms with Gasteiger partial charge in [0, 0.05) is 36.0 Å². The van der Waals surface area contributed by atoms with Crippen molar-refractivity contribution in [2.45, 2.75) is 13.1 Å². The van der Waals surface area contributed by atoms with Gasteiger partial charge in [-0.3, -0.25) is 9.67 Å². The van der Waals surface area contributed by atoms with Crippen molar-refractivity contribution >= 4 is 0 Å². The molecule has 0 radical (unpaired) electrons. The highest BCUT2D eigenvalue weighted by Gasteiger charge is 2.24. The van der Waals surface area contributed by atoms with E-state index in [0.29, 0.717) is 17.8 Å². The predicted molar refractivity (Wildman–Crippen MR) is 82.5 cm³/mol. The van der Waals surface area contributed by atoms with Crippen LogP contribution in [-0.4, -0.2) is 21.3 Å². The van der Waals surface area contributed by atoms with Crippen molar-refractivity contribution in [2.24, 2.45) is 0 Å². The molecule has 0 atom stereocenters. The van der Waals surface area contributed by atoms with Crippen LogP contribution >= 0.6 is 0 Å². The number of fused-ring (bicyclic) bond motifs is 1. The molecule has 1 aromatic carbocycles. The molecule has 0 fully saturated rings. The second-order valence-corrected chi connectivity index (χ2v) is 5.43. The molecular formula is C17H14F2N4. The highest BCUT2D eigenvalue weighted by Crippen LogP contribution is 2.36. The van der Waals surface area contributed by atoms with Crippen LogP contribution in [0.3, 0.4) is 0 Å². The highest BCUT2D eigenvalue weighted by molar-refractivity contribution is 5.83. The van der Waals surface area contributed by atoms with E-state index in [2.05, 4.69) is 15.4 Å². The molecule has 1 aliphatic rings. The first kappa shape index (κ1) is 14.0. The van der Waals surface area contributed by atoms with Gasteiger partial charge in [-0.25, -0.2) is 8.78 Å². The third kappa shape index (κ3) is 2.41. The van der Waals surface area contributed by atoms with Gasteiger partial charge in [-0.05, 0) is 30.3 Å². The fourth-order valence-corrected chi connectivity index (χ4v) is 2.92. The summed E-state index contributed by atoms with van der Waals surface area (Å²) in [5.41, 5.74) is 3.56. The first-order chi connectivity index (χ1) is 11.2. The fraction of sp³-hybridized carbons (Fsp3) is 0.176. The topological polar surface area (TPSA) is 42.7 Å². The Morgan fingerprint density at radius 2 is 1.91 bits per heavy atom. The number of nitrogens with one attached hydrogen (secondary N) is 1. The van der Waals surface area contributed by atoms with Crippen LogP contribution in [0.5, 0.6) is 0 Å². The van der Waals surface area contributed by atoms with Gasteiger partial charge in [0.1, 0.15) is 17.3 Å². The summed E-state index contributed by atoms with van der Waals surface area (Å²) < 4.78 is 29.4. The van der Waals surface area contributed by atoms with Crippen LogP contribution in [0.1, 0.15) is 5.69 Å². The average Bonchev–Trinajstić information content (AvgIpc) is 2.95. The van der Waals surface area contributed by atoms with Crippen LogP contribution in [0.2, 0.25) is 0 Å². The normalized spacial score (nSPS) is 13.8. The minimum atomic E-state index is -0.391. The SMILES string of the molecule is Fc1ccc(-c2nn3c(c2-c2ccncc2F)CNCC3)cc1. The van der Waals surface area contributed by atoms with Crippen LogP contribution in [-0.2, 0) is 13.1 Å². The summed E-state index contributed by atoms with van der Waals surface area (Å²) in [6, 6.07) is 7.76. The van der Waals surface area contributed by atoms with Gasteiger partial charge < -0.3 is 5.32 Å². The molecule has 3 aromatic rings. The van der Waals surface area contributed by atoms with E-state index in [1.807, 2.05) is 4.68 Å². The lowest BCUT2D eigenvalue weighted by Gasteiger charge is -2.16. The zero-order valence-corrected chi connectivity index (χ0v) is 12.3. The lowest BCUT2D eigenvalue weighted by atomic mass is 9.99. The van der Waals surface area contributed by atoms with Gasteiger partial charge in [-0.15, -0.1) is 0 Å². The Bertz CT molecular complexity index is 856. The summed E-state index contributed by atoms with van der Waals surface area (Å²) in [6.45, 7) is 2.15. The molecule has 2 aromatic heterocycles. The van der Waals surface area contributed by atoms with Crippen LogP contribution in [0.4, 0.5) is 8.78 Å². The van der Waals surface area contributed by atoms with Crippen molar-refractivity contribution in [2.75, 3.05) is 6.54 Å². The van der Waals surface area contributed by atoms with E-state index in [0.717, 1.165) is 29.9 Å². The molecule has 1 aliphatic heterocycles. The first-order valence-electron chi connectivity index (χ1n) is 7.40. The minimum absolute atomic E-state index is 0.309. The number of nitrogens with zero attached hydrogens (tertiary/aromatic N) is 3. The van der Waals surface area contributed by atoms with E-state index >= 15 is 0 Å². The van der Waals surface area contributed by atoms with E-state index in [-0.39, 0.29) is 5.82 Å². The number of hydrogen-bond acceptors (Lipinski definition) is 3. The summed E-state index contributed by atoms with van der Waals surface area (Å²) in [5, 5.41) is 7.92. The van der Waals surface area contributed by atoms with Crippen molar-refractivity contribution < 1.29 is 8.78 Å². The molecule has 23 heavy (non-hydrogen) atoms. The largest absolute Gasteiger partial charge is 0.309 e. The Balaban J connectivity index is 1.97. The fourth-order valence-electron chi connectivity index (χ4n) is 2.92. The Kier molecular flexibility index (Phi) is 3.38. The van der Waals surface area contributed by atoms with Gasteiger partial charge in [0.25, 0.3) is 0 Å². The third-order valence-corrected chi connectivity index (χ3v) is 4.01. The Morgan fingerprint density at radius 3 is 2.70 bits per heavy atom. The summed E-state index contributed by atoms with van der Waals surface area (Å²) in [5.74, 6) is -0.701. The first-order valence-corrected chi connectivity index (χ1v) is 7.40. The van der Waals surface area contributed by atoms with E-state index < -0.39 is 5.82 Å². The number of halogens is 2. The van der Waals surface area contributed by atoms with Gasteiger partial charge in [0.05, 0.1) is 18.4 Å². The van der Waals surface area contributed by atoms with Crippen molar-refractivity contribution in [3.05, 3.63) is 60.1 Å². The monoisotopic (exact) mass is 312 g/mol. The molecule has 4 nitrogen and oxygen atoms in total. The van der Waals surface area contributed by atoms with Gasteiger partial charge in [-0.1, -0.05) is 0 Å². The second-order valence-electron chi connectivity index (χ2n) is 5.43.